The third kappa shape index (κ3) is 1.48. The predicted molar refractivity (Wildman–Crippen MR) is 60.3 cm³/mol. The van der Waals surface area contributed by atoms with E-state index in [0.717, 1.165) is 19.4 Å². The summed E-state index contributed by atoms with van der Waals surface area (Å²) in [7, 11) is 0. The fraction of sp³-hybridized carbons (Fsp3) is 0.385. The summed E-state index contributed by atoms with van der Waals surface area (Å²) in [4.78, 5) is 0. The second kappa shape index (κ2) is 3.58. The molecule has 1 nitrogen and oxygen atoms in total. The van der Waals surface area contributed by atoms with Crippen molar-refractivity contribution in [3.05, 3.63) is 48.0 Å². The van der Waals surface area contributed by atoms with Gasteiger partial charge in [-0.2, -0.15) is 0 Å². The number of hydrogen-bond acceptors (Lipinski definition) is 1. The maximum Gasteiger partial charge on any atom is 0.0443 e. The van der Waals surface area contributed by atoms with Gasteiger partial charge in [0.15, 0.2) is 0 Å². The number of nitrogens with one attached hydrogen (secondary N) is 1. The van der Waals surface area contributed by atoms with Crippen LogP contribution in [0.15, 0.2) is 36.9 Å². The lowest BCUT2D eigenvalue weighted by atomic mass is 9.81. The zero-order valence-corrected chi connectivity index (χ0v) is 8.72. The molecule has 0 bridgehead atoms. The van der Waals surface area contributed by atoms with Gasteiger partial charge in [-0.15, -0.1) is 6.58 Å². The van der Waals surface area contributed by atoms with Crippen LogP contribution in [-0.2, 0) is 12.0 Å². The van der Waals surface area contributed by atoms with E-state index < -0.39 is 0 Å². The van der Waals surface area contributed by atoms with Crippen molar-refractivity contribution in [3.63, 3.8) is 0 Å². The minimum absolute atomic E-state index is 0.0938. The summed E-state index contributed by atoms with van der Waals surface area (Å²) in [6.07, 6.45) is 4.13. The summed E-state index contributed by atoms with van der Waals surface area (Å²) in [5.41, 5.74) is 3.01. The van der Waals surface area contributed by atoms with Crippen LogP contribution in [0.3, 0.4) is 0 Å². The lowest BCUT2D eigenvalue weighted by molar-refractivity contribution is 0.351. The molecule has 1 heteroatoms. The SMILES string of the molecule is C=CCC1(C)NCCc2ccccc21. The van der Waals surface area contributed by atoms with Crippen LogP contribution >= 0.6 is 0 Å². The van der Waals surface area contributed by atoms with Gasteiger partial charge in [-0.25, -0.2) is 0 Å². The highest BCUT2D eigenvalue weighted by Crippen LogP contribution is 2.31. The van der Waals surface area contributed by atoms with Crippen molar-refractivity contribution in [2.45, 2.75) is 25.3 Å². The fourth-order valence-corrected chi connectivity index (χ4v) is 2.32. The largest absolute Gasteiger partial charge is 0.307 e. The van der Waals surface area contributed by atoms with Gasteiger partial charge in [0, 0.05) is 12.1 Å². The molecular formula is C13H17N. The highest BCUT2D eigenvalue weighted by molar-refractivity contribution is 5.36. The summed E-state index contributed by atoms with van der Waals surface area (Å²) in [6, 6.07) is 8.70. The summed E-state index contributed by atoms with van der Waals surface area (Å²) in [6.45, 7) is 7.16. The van der Waals surface area contributed by atoms with Crippen molar-refractivity contribution >= 4 is 0 Å². The second-order valence-electron chi connectivity index (χ2n) is 4.16. The van der Waals surface area contributed by atoms with E-state index in [0.29, 0.717) is 0 Å². The van der Waals surface area contributed by atoms with E-state index in [4.69, 9.17) is 0 Å². The van der Waals surface area contributed by atoms with E-state index in [1.54, 1.807) is 0 Å². The van der Waals surface area contributed by atoms with E-state index in [1.807, 2.05) is 6.08 Å². The zero-order valence-electron chi connectivity index (χ0n) is 8.72. The minimum atomic E-state index is 0.0938. The highest BCUT2D eigenvalue weighted by Gasteiger charge is 2.29. The molecule has 1 aromatic rings. The van der Waals surface area contributed by atoms with E-state index in [1.165, 1.54) is 11.1 Å². The smallest absolute Gasteiger partial charge is 0.0443 e. The monoisotopic (exact) mass is 187 g/mol. The number of fused-ring (bicyclic) bond motifs is 1. The van der Waals surface area contributed by atoms with Gasteiger partial charge in [-0.1, -0.05) is 30.3 Å². The summed E-state index contributed by atoms with van der Waals surface area (Å²) >= 11 is 0. The summed E-state index contributed by atoms with van der Waals surface area (Å²) < 4.78 is 0. The minimum Gasteiger partial charge on any atom is -0.307 e. The summed E-state index contributed by atoms with van der Waals surface area (Å²) in [5, 5.41) is 3.58. The van der Waals surface area contributed by atoms with E-state index in [-0.39, 0.29) is 5.54 Å². The van der Waals surface area contributed by atoms with E-state index in [9.17, 15) is 0 Å². The number of benzene rings is 1. The van der Waals surface area contributed by atoms with Gasteiger partial charge in [0.25, 0.3) is 0 Å². The van der Waals surface area contributed by atoms with Crippen LogP contribution in [0, 0.1) is 0 Å². The molecule has 74 valence electrons. The quantitative estimate of drug-likeness (QED) is 0.702. The Morgan fingerprint density at radius 1 is 1.50 bits per heavy atom. The van der Waals surface area contributed by atoms with Crippen molar-refractivity contribution in [3.8, 4) is 0 Å². The van der Waals surface area contributed by atoms with Gasteiger partial charge in [0.2, 0.25) is 0 Å². The lowest BCUT2D eigenvalue weighted by Gasteiger charge is -2.36. The third-order valence-corrected chi connectivity index (χ3v) is 3.07. The van der Waals surface area contributed by atoms with Crippen LogP contribution in [0.4, 0.5) is 0 Å². The molecule has 1 atom stereocenters. The van der Waals surface area contributed by atoms with Crippen LogP contribution in [0.5, 0.6) is 0 Å². The van der Waals surface area contributed by atoms with Gasteiger partial charge >= 0.3 is 0 Å². The molecule has 1 aliphatic heterocycles. The topological polar surface area (TPSA) is 12.0 Å². The molecule has 0 aliphatic carbocycles. The lowest BCUT2D eigenvalue weighted by Crippen LogP contribution is -2.44. The Morgan fingerprint density at radius 2 is 2.29 bits per heavy atom. The predicted octanol–water partition coefficient (Wildman–Crippen LogP) is 2.62. The van der Waals surface area contributed by atoms with Crippen molar-refractivity contribution < 1.29 is 0 Å². The maximum atomic E-state index is 3.83. The Hall–Kier alpha value is -1.08. The molecule has 1 heterocycles. The van der Waals surface area contributed by atoms with Crippen LogP contribution in [0.1, 0.15) is 24.5 Å². The molecule has 0 spiro atoms. The molecule has 14 heavy (non-hydrogen) atoms. The molecule has 0 amide bonds. The number of hydrogen-bond donors (Lipinski definition) is 1. The average Bonchev–Trinajstić information content (AvgIpc) is 2.19. The van der Waals surface area contributed by atoms with Crippen molar-refractivity contribution in [2.24, 2.45) is 0 Å². The first-order valence-electron chi connectivity index (χ1n) is 5.20. The highest BCUT2D eigenvalue weighted by atomic mass is 15.0. The molecule has 1 aromatic carbocycles. The molecule has 1 unspecified atom stereocenters. The van der Waals surface area contributed by atoms with E-state index >= 15 is 0 Å². The van der Waals surface area contributed by atoms with Crippen LogP contribution < -0.4 is 5.32 Å². The van der Waals surface area contributed by atoms with Crippen molar-refractivity contribution in [1.29, 1.82) is 0 Å². The molecule has 1 N–H and O–H groups in total. The van der Waals surface area contributed by atoms with E-state index in [2.05, 4.69) is 43.1 Å². The molecule has 0 saturated carbocycles. The van der Waals surface area contributed by atoms with Crippen molar-refractivity contribution in [1.82, 2.24) is 5.32 Å². The van der Waals surface area contributed by atoms with Crippen LogP contribution in [0.25, 0.3) is 0 Å². The Labute approximate surface area is 85.8 Å². The number of rotatable bonds is 2. The zero-order chi connectivity index (χ0) is 10.0. The first kappa shape index (κ1) is 9.47. The molecule has 0 radical (unpaired) electrons. The molecule has 1 aliphatic rings. The van der Waals surface area contributed by atoms with Gasteiger partial charge in [-0.3, -0.25) is 0 Å². The second-order valence-corrected chi connectivity index (χ2v) is 4.16. The van der Waals surface area contributed by atoms with Crippen LogP contribution in [-0.4, -0.2) is 6.54 Å². The van der Waals surface area contributed by atoms with Gasteiger partial charge < -0.3 is 5.32 Å². The third-order valence-electron chi connectivity index (χ3n) is 3.07. The molecule has 0 fully saturated rings. The Kier molecular flexibility index (Phi) is 2.42. The van der Waals surface area contributed by atoms with Gasteiger partial charge in [0.05, 0.1) is 0 Å². The molecule has 2 rings (SSSR count). The molecule has 0 aromatic heterocycles. The average molecular weight is 187 g/mol. The summed E-state index contributed by atoms with van der Waals surface area (Å²) in [5.74, 6) is 0. The Bertz CT molecular complexity index is 343. The van der Waals surface area contributed by atoms with Crippen molar-refractivity contribution in [2.75, 3.05) is 6.54 Å². The van der Waals surface area contributed by atoms with Gasteiger partial charge in [-0.05, 0) is 30.9 Å². The first-order valence-corrected chi connectivity index (χ1v) is 5.20. The standard InChI is InChI=1S/C13H17N/c1-3-9-13(2)12-7-5-4-6-11(12)8-10-14-13/h3-7,14H,1,8-10H2,2H3. The fourth-order valence-electron chi connectivity index (χ4n) is 2.32. The molecular weight excluding hydrogens is 170 g/mol. The molecule has 0 saturated heterocycles. The normalized spacial score (nSPS) is 25.5. The Balaban J connectivity index is 2.44. The first-order chi connectivity index (χ1) is 6.76. The Morgan fingerprint density at radius 3 is 3.07 bits per heavy atom. The maximum absolute atomic E-state index is 3.83. The van der Waals surface area contributed by atoms with Crippen LogP contribution in [0.2, 0.25) is 0 Å². The van der Waals surface area contributed by atoms with Gasteiger partial charge in [0.1, 0.15) is 0 Å².